The van der Waals surface area contributed by atoms with E-state index in [2.05, 4.69) is 0 Å². The second-order valence-corrected chi connectivity index (χ2v) is 1.93. The Balaban J connectivity index is 3.32. The lowest BCUT2D eigenvalue weighted by atomic mass is 10.2. The molecular formula is C7H4F2NO. The zero-order valence-electron chi connectivity index (χ0n) is 5.40. The lowest BCUT2D eigenvalue weighted by molar-refractivity contribution is 0.0984. The molecule has 0 aliphatic rings. The van der Waals surface area contributed by atoms with E-state index < -0.39 is 23.1 Å². The molecular weight excluding hydrogens is 152 g/mol. The molecule has 4 heteroatoms. The number of benzene rings is 1. The number of rotatable bonds is 1. The van der Waals surface area contributed by atoms with E-state index in [4.69, 9.17) is 5.73 Å². The van der Waals surface area contributed by atoms with Crippen molar-refractivity contribution in [3.63, 3.8) is 0 Å². The Hall–Kier alpha value is -1.45. The van der Waals surface area contributed by atoms with Gasteiger partial charge < -0.3 is 0 Å². The molecule has 0 aliphatic heterocycles. The summed E-state index contributed by atoms with van der Waals surface area (Å²) in [6.45, 7) is 0. The SMILES string of the molecule is [NH]C(=O)c1c(F)cccc1F. The molecule has 0 aliphatic carbocycles. The molecule has 1 aromatic carbocycles. The summed E-state index contributed by atoms with van der Waals surface area (Å²) in [7, 11) is 0. The summed E-state index contributed by atoms with van der Waals surface area (Å²) in [5, 5.41) is 0. The van der Waals surface area contributed by atoms with Gasteiger partial charge in [0.1, 0.15) is 17.2 Å². The molecule has 0 spiro atoms. The second-order valence-electron chi connectivity index (χ2n) is 1.93. The number of nitrogens with one attached hydrogen (secondary N) is 1. The highest BCUT2D eigenvalue weighted by molar-refractivity contribution is 5.92. The summed E-state index contributed by atoms with van der Waals surface area (Å²) in [6, 6.07) is 3.01. The third-order valence-corrected chi connectivity index (χ3v) is 1.19. The average molecular weight is 156 g/mol. The van der Waals surface area contributed by atoms with Gasteiger partial charge in [0.2, 0.25) is 0 Å². The van der Waals surface area contributed by atoms with E-state index in [1.165, 1.54) is 0 Å². The second kappa shape index (κ2) is 2.65. The molecule has 0 saturated carbocycles. The molecule has 1 aromatic rings. The molecule has 2 nitrogen and oxygen atoms in total. The van der Waals surface area contributed by atoms with E-state index in [0.29, 0.717) is 0 Å². The Morgan fingerprint density at radius 3 is 2.00 bits per heavy atom. The summed E-state index contributed by atoms with van der Waals surface area (Å²) in [4.78, 5) is 10.3. The van der Waals surface area contributed by atoms with Gasteiger partial charge in [0.25, 0.3) is 5.91 Å². The van der Waals surface area contributed by atoms with Gasteiger partial charge in [0, 0.05) is 0 Å². The van der Waals surface area contributed by atoms with Crippen molar-refractivity contribution in [1.29, 1.82) is 0 Å². The Kier molecular flexibility index (Phi) is 1.85. The van der Waals surface area contributed by atoms with Crippen LogP contribution in [-0.2, 0) is 0 Å². The van der Waals surface area contributed by atoms with Gasteiger partial charge in [-0.2, -0.15) is 0 Å². The van der Waals surface area contributed by atoms with Crippen LogP contribution < -0.4 is 5.73 Å². The highest BCUT2D eigenvalue weighted by Gasteiger charge is 2.13. The maximum absolute atomic E-state index is 12.5. The smallest absolute Gasteiger partial charge is 0.267 e. The molecule has 0 saturated heterocycles. The molecule has 1 rings (SSSR count). The molecule has 1 N–H and O–H groups in total. The number of hydrogen-bond acceptors (Lipinski definition) is 1. The van der Waals surface area contributed by atoms with Crippen LogP contribution in [0.5, 0.6) is 0 Å². The standard InChI is InChI=1S/C7H4F2NO/c8-4-2-1-3-5(9)6(4)7(10)11/h1-3,10H. The zero-order chi connectivity index (χ0) is 8.43. The number of carbonyl (C=O) groups is 1. The highest BCUT2D eigenvalue weighted by Crippen LogP contribution is 2.10. The van der Waals surface area contributed by atoms with Crippen molar-refractivity contribution >= 4 is 5.91 Å². The van der Waals surface area contributed by atoms with Gasteiger partial charge in [0.15, 0.2) is 0 Å². The van der Waals surface area contributed by atoms with E-state index in [0.717, 1.165) is 18.2 Å². The van der Waals surface area contributed by atoms with Crippen LogP contribution in [0.15, 0.2) is 18.2 Å². The Morgan fingerprint density at radius 1 is 1.27 bits per heavy atom. The van der Waals surface area contributed by atoms with Gasteiger partial charge >= 0.3 is 0 Å². The van der Waals surface area contributed by atoms with Crippen LogP contribution in [0.4, 0.5) is 8.78 Å². The third-order valence-electron chi connectivity index (χ3n) is 1.19. The maximum Gasteiger partial charge on any atom is 0.275 e. The summed E-state index contributed by atoms with van der Waals surface area (Å²) < 4.78 is 25.0. The highest BCUT2D eigenvalue weighted by atomic mass is 19.1. The molecule has 0 aromatic heterocycles. The number of carbonyl (C=O) groups excluding carboxylic acids is 1. The van der Waals surface area contributed by atoms with Crippen LogP contribution in [0.3, 0.4) is 0 Å². The summed E-state index contributed by atoms with van der Waals surface area (Å²) in [6.07, 6.45) is 0. The van der Waals surface area contributed by atoms with Crippen molar-refractivity contribution in [3.8, 4) is 0 Å². The molecule has 0 heterocycles. The molecule has 57 valence electrons. The van der Waals surface area contributed by atoms with Crippen molar-refractivity contribution in [2.75, 3.05) is 0 Å². The van der Waals surface area contributed by atoms with Crippen LogP contribution in [0.2, 0.25) is 0 Å². The summed E-state index contributed by atoms with van der Waals surface area (Å²) in [5.74, 6) is -3.34. The lowest BCUT2D eigenvalue weighted by Crippen LogP contribution is -2.05. The van der Waals surface area contributed by atoms with E-state index in [1.807, 2.05) is 0 Å². The zero-order valence-corrected chi connectivity index (χ0v) is 5.40. The Labute approximate surface area is 61.6 Å². The molecule has 0 fully saturated rings. The van der Waals surface area contributed by atoms with Crippen LogP contribution in [0, 0.1) is 11.6 Å². The molecule has 0 atom stereocenters. The minimum absolute atomic E-state index is 0.799. The normalized spacial score (nSPS) is 9.64. The molecule has 11 heavy (non-hydrogen) atoms. The van der Waals surface area contributed by atoms with Gasteiger partial charge in [-0.05, 0) is 12.1 Å². The van der Waals surface area contributed by atoms with E-state index in [-0.39, 0.29) is 0 Å². The van der Waals surface area contributed by atoms with Crippen LogP contribution in [0.1, 0.15) is 10.4 Å². The Morgan fingerprint density at radius 2 is 1.73 bits per heavy atom. The maximum atomic E-state index is 12.5. The van der Waals surface area contributed by atoms with Crippen molar-refractivity contribution in [2.45, 2.75) is 0 Å². The van der Waals surface area contributed by atoms with Gasteiger partial charge in [-0.1, -0.05) is 6.07 Å². The average Bonchev–Trinajstić information content (AvgIpc) is 1.85. The largest absolute Gasteiger partial charge is 0.275 e. The predicted octanol–water partition coefficient (Wildman–Crippen LogP) is 1.39. The number of halogens is 2. The first kappa shape index (κ1) is 7.65. The van der Waals surface area contributed by atoms with Crippen molar-refractivity contribution < 1.29 is 13.6 Å². The minimum Gasteiger partial charge on any atom is -0.267 e. The van der Waals surface area contributed by atoms with E-state index >= 15 is 0 Å². The van der Waals surface area contributed by atoms with Crippen LogP contribution >= 0.6 is 0 Å². The summed E-state index contributed by atoms with van der Waals surface area (Å²) in [5.41, 5.74) is 5.68. The van der Waals surface area contributed by atoms with Crippen molar-refractivity contribution in [2.24, 2.45) is 0 Å². The molecule has 1 radical (unpaired) electrons. The fraction of sp³-hybridized carbons (Fsp3) is 0. The number of amides is 1. The first-order valence-electron chi connectivity index (χ1n) is 2.83. The summed E-state index contributed by atoms with van der Waals surface area (Å²) >= 11 is 0. The van der Waals surface area contributed by atoms with Crippen LogP contribution in [0.25, 0.3) is 0 Å². The fourth-order valence-electron chi connectivity index (χ4n) is 0.715. The molecule has 0 unspecified atom stereocenters. The van der Waals surface area contributed by atoms with Gasteiger partial charge in [-0.3, -0.25) is 10.5 Å². The van der Waals surface area contributed by atoms with Crippen molar-refractivity contribution in [3.05, 3.63) is 35.4 Å². The lowest BCUT2D eigenvalue weighted by Gasteiger charge is -1.96. The minimum atomic E-state index is -1.35. The molecule has 0 bridgehead atoms. The topological polar surface area (TPSA) is 40.9 Å². The Bertz CT molecular complexity index is 278. The van der Waals surface area contributed by atoms with E-state index in [1.54, 1.807) is 0 Å². The first-order valence-corrected chi connectivity index (χ1v) is 2.83. The molecule has 1 amide bonds. The number of hydrogen-bond donors (Lipinski definition) is 0. The van der Waals surface area contributed by atoms with Crippen molar-refractivity contribution in [1.82, 2.24) is 5.73 Å². The van der Waals surface area contributed by atoms with Gasteiger partial charge in [-0.25, -0.2) is 8.78 Å². The third kappa shape index (κ3) is 1.34. The first-order chi connectivity index (χ1) is 5.13. The fourth-order valence-corrected chi connectivity index (χ4v) is 0.715. The monoisotopic (exact) mass is 156 g/mol. The van der Waals surface area contributed by atoms with Gasteiger partial charge in [0.05, 0.1) is 0 Å². The van der Waals surface area contributed by atoms with Gasteiger partial charge in [-0.15, -0.1) is 0 Å². The predicted molar refractivity (Wildman–Crippen MR) is 33.8 cm³/mol. The van der Waals surface area contributed by atoms with E-state index in [9.17, 15) is 13.6 Å². The quantitative estimate of drug-likeness (QED) is 0.605. The van der Waals surface area contributed by atoms with Crippen LogP contribution in [-0.4, -0.2) is 5.91 Å².